The summed E-state index contributed by atoms with van der Waals surface area (Å²) >= 11 is -1.05. The van der Waals surface area contributed by atoms with E-state index in [9.17, 15) is 9.35 Å². The number of hydrogen-bond donors (Lipinski definition) is 1. The van der Waals surface area contributed by atoms with Gasteiger partial charge in [-0.1, -0.05) is 6.42 Å². The molecule has 1 aliphatic heterocycles. The predicted molar refractivity (Wildman–Crippen MR) is 110 cm³/mol. The molecule has 1 spiro atoms. The molecule has 1 unspecified atom stereocenters. The number of fused-ring (bicyclic) bond motifs is 1. The second-order valence-corrected chi connectivity index (χ2v) is 9.45. The molecular formula is C21H23N3O2S. The van der Waals surface area contributed by atoms with Crippen molar-refractivity contribution in [3.05, 3.63) is 47.0 Å². The number of benzene rings is 1. The third kappa shape index (κ3) is 2.54. The van der Waals surface area contributed by atoms with Crippen molar-refractivity contribution in [3.63, 3.8) is 0 Å². The molecule has 6 heteroatoms. The molecule has 0 amide bonds. The molecule has 2 fully saturated rings. The molecule has 1 aromatic carbocycles. The first kappa shape index (κ1) is 17.0. The quantitative estimate of drug-likeness (QED) is 0.708. The highest BCUT2D eigenvalue weighted by atomic mass is 32.2. The Kier molecular flexibility index (Phi) is 3.71. The molecular weight excluding hydrogens is 358 g/mol. The van der Waals surface area contributed by atoms with E-state index in [4.69, 9.17) is 0 Å². The number of nitrogens with zero attached hydrogens (tertiary/aromatic N) is 2. The molecule has 2 aliphatic rings. The van der Waals surface area contributed by atoms with Crippen LogP contribution < -0.4 is 10.5 Å². The minimum atomic E-state index is -1.05. The SMILES string of the molecule is Cn1cc(-c2cc([S+](C)[O-])ccc2N2CC3(CCC3)C2)c2cc[nH]c2c1=O. The smallest absolute Gasteiger partial charge is 0.274 e. The number of aromatic amines is 1. The largest absolute Gasteiger partial charge is 0.612 e. The van der Waals surface area contributed by atoms with E-state index in [1.54, 1.807) is 17.9 Å². The number of aromatic nitrogens is 2. The standard InChI is InChI=1S/C21H23N3O2S/c1-23-11-17(15-6-9-22-19(15)20(23)25)16-10-14(27(2)26)4-5-18(16)24-12-21(13-24)7-3-8-21/h4-6,9-11,22H,3,7-8,12-13H2,1-2H3. The molecule has 5 rings (SSSR count). The molecule has 5 nitrogen and oxygen atoms in total. The minimum Gasteiger partial charge on any atom is -0.612 e. The van der Waals surface area contributed by atoms with Crippen LogP contribution in [0, 0.1) is 5.41 Å². The van der Waals surface area contributed by atoms with Crippen LogP contribution in [-0.4, -0.2) is 33.4 Å². The van der Waals surface area contributed by atoms with Gasteiger partial charge < -0.3 is 19.0 Å². The van der Waals surface area contributed by atoms with Gasteiger partial charge in [-0.05, 0) is 42.2 Å². The number of H-pyrrole nitrogens is 1. The number of nitrogens with one attached hydrogen (secondary N) is 1. The summed E-state index contributed by atoms with van der Waals surface area (Å²) in [7, 11) is 1.78. The van der Waals surface area contributed by atoms with Gasteiger partial charge in [0.1, 0.15) is 11.8 Å². The molecule has 2 aromatic heterocycles. The van der Waals surface area contributed by atoms with Gasteiger partial charge in [0.25, 0.3) is 5.56 Å². The first-order valence-corrected chi connectivity index (χ1v) is 10.9. The Morgan fingerprint density at radius 3 is 2.63 bits per heavy atom. The maximum absolute atomic E-state index is 12.4. The predicted octanol–water partition coefficient (Wildman–Crippen LogP) is 3.26. The third-order valence-corrected chi connectivity index (χ3v) is 7.21. The van der Waals surface area contributed by atoms with Crippen LogP contribution in [0.4, 0.5) is 5.69 Å². The van der Waals surface area contributed by atoms with E-state index in [2.05, 4.69) is 16.0 Å². The summed E-state index contributed by atoms with van der Waals surface area (Å²) in [6, 6.07) is 8.05. The van der Waals surface area contributed by atoms with E-state index in [1.165, 1.54) is 24.9 Å². The van der Waals surface area contributed by atoms with Crippen LogP contribution in [0.3, 0.4) is 0 Å². The lowest BCUT2D eigenvalue weighted by Gasteiger charge is -2.57. The van der Waals surface area contributed by atoms with Crippen molar-refractivity contribution < 1.29 is 4.55 Å². The number of hydrogen-bond acceptors (Lipinski definition) is 3. The van der Waals surface area contributed by atoms with E-state index in [0.29, 0.717) is 10.9 Å². The fraction of sp³-hybridized carbons (Fsp3) is 0.381. The van der Waals surface area contributed by atoms with Crippen LogP contribution in [0.1, 0.15) is 19.3 Å². The molecule has 1 saturated heterocycles. The third-order valence-electron chi connectivity index (χ3n) is 6.29. The van der Waals surface area contributed by atoms with Gasteiger partial charge in [-0.2, -0.15) is 0 Å². The average molecular weight is 382 g/mol. The lowest BCUT2D eigenvalue weighted by Crippen LogP contribution is -2.60. The van der Waals surface area contributed by atoms with Crippen LogP contribution in [0.2, 0.25) is 0 Å². The number of pyridine rings is 1. The average Bonchev–Trinajstić information content (AvgIpc) is 3.06. The second-order valence-electron chi connectivity index (χ2n) is 8.07. The Morgan fingerprint density at radius 1 is 1.19 bits per heavy atom. The Balaban J connectivity index is 1.68. The second kappa shape index (κ2) is 5.91. The molecule has 0 bridgehead atoms. The van der Waals surface area contributed by atoms with Gasteiger partial charge in [-0.3, -0.25) is 4.79 Å². The van der Waals surface area contributed by atoms with E-state index in [-0.39, 0.29) is 5.56 Å². The van der Waals surface area contributed by atoms with Crippen molar-refractivity contribution in [1.29, 1.82) is 0 Å². The van der Waals surface area contributed by atoms with Gasteiger partial charge >= 0.3 is 0 Å². The van der Waals surface area contributed by atoms with Gasteiger partial charge in [-0.15, -0.1) is 0 Å². The van der Waals surface area contributed by atoms with Crippen molar-refractivity contribution >= 4 is 27.8 Å². The molecule has 1 N–H and O–H groups in total. The molecule has 0 radical (unpaired) electrons. The normalized spacial score (nSPS) is 19.1. The zero-order valence-corrected chi connectivity index (χ0v) is 16.4. The number of aryl methyl sites for hydroxylation is 1. The summed E-state index contributed by atoms with van der Waals surface area (Å²) in [6.07, 6.45) is 9.43. The van der Waals surface area contributed by atoms with Gasteiger partial charge in [0.2, 0.25) is 0 Å². The molecule has 1 atom stereocenters. The maximum atomic E-state index is 12.4. The van der Waals surface area contributed by atoms with Gasteiger partial charge in [0.05, 0.1) is 0 Å². The summed E-state index contributed by atoms with van der Waals surface area (Å²) in [6.45, 7) is 2.19. The van der Waals surface area contributed by atoms with Crippen molar-refractivity contribution in [2.45, 2.75) is 24.2 Å². The summed E-state index contributed by atoms with van der Waals surface area (Å²) in [5.41, 5.74) is 4.33. The van der Waals surface area contributed by atoms with Gasteiger partial charge in [0, 0.05) is 66.2 Å². The van der Waals surface area contributed by atoms with Crippen LogP contribution in [0.25, 0.3) is 22.0 Å². The van der Waals surface area contributed by atoms with Crippen molar-refractivity contribution in [1.82, 2.24) is 9.55 Å². The molecule has 140 valence electrons. The highest BCUT2D eigenvalue weighted by molar-refractivity contribution is 7.90. The fourth-order valence-corrected chi connectivity index (χ4v) is 5.14. The zero-order valence-electron chi connectivity index (χ0n) is 15.6. The van der Waals surface area contributed by atoms with E-state index in [1.807, 2.05) is 30.6 Å². The van der Waals surface area contributed by atoms with Crippen LogP contribution >= 0.6 is 0 Å². The molecule has 3 aromatic rings. The fourth-order valence-electron chi connectivity index (χ4n) is 4.60. The first-order chi connectivity index (χ1) is 13.0. The lowest BCUT2D eigenvalue weighted by atomic mass is 9.63. The summed E-state index contributed by atoms with van der Waals surface area (Å²) in [5, 5.41) is 0.914. The van der Waals surface area contributed by atoms with E-state index in [0.717, 1.165) is 34.5 Å². The minimum absolute atomic E-state index is 0.0344. The summed E-state index contributed by atoms with van der Waals surface area (Å²) in [4.78, 5) is 18.8. The van der Waals surface area contributed by atoms with Gasteiger partial charge in [0.15, 0.2) is 4.90 Å². The maximum Gasteiger partial charge on any atom is 0.274 e. The molecule has 1 aliphatic carbocycles. The Hall–Kier alpha value is -2.18. The van der Waals surface area contributed by atoms with E-state index < -0.39 is 11.2 Å². The number of rotatable bonds is 3. The van der Waals surface area contributed by atoms with Crippen molar-refractivity contribution in [2.24, 2.45) is 12.5 Å². The highest BCUT2D eigenvalue weighted by Gasteiger charge is 2.47. The van der Waals surface area contributed by atoms with Crippen molar-refractivity contribution in [3.8, 4) is 11.1 Å². The monoisotopic (exact) mass is 381 g/mol. The van der Waals surface area contributed by atoms with Gasteiger partial charge in [-0.25, -0.2) is 0 Å². The van der Waals surface area contributed by atoms with Crippen molar-refractivity contribution in [2.75, 3.05) is 24.2 Å². The number of anilines is 1. The molecule has 27 heavy (non-hydrogen) atoms. The Labute approximate surface area is 161 Å². The molecule has 3 heterocycles. The lowest BCUT2D eigenvalue weighted by molar-refractivity contribution is 0.0905. The van der Waals surface area contributed by atoms with E-state index >= 15 is 0 Å². The topological polar surface area (TPSA) is 64.1 Å². The highest BCUT2D eigenvalue weighted by Crippen LogP contribution is 2.51. The summed E-state index contributed by atoms with van der Waals surface area (Å²) in [5.74, 6) is 0. The van der Waals surface area contributed by atoms with Crippen LogP contribution in [-0.2, 0) is 18.2 Å². The zero-order chi connectivity index (χ0) is 18.8. The molecule has 1 saturated carbocycles. The van der Waals surface area contributed by atoms with Crippen LogP contribution in [0.15, 0.2) is 46.3 Å². The Morgan fingerprint density at radius 2 is 1.96 bits per heavy atom. The Bertz CT molecular complexity index is 1090. The van der Waals surface area contributed by atoms with Crippen LogP contribution in [0.5, 0.6) is 0 Å². The first-order valence-electron chi connectivity index (χ1n) is 9.37. The summed E-state index contributed by atoms with van der Waals surface area (Å²) < 4.78 is 13.7.